The number of hydrogen-bond donors (Lipinski definition) is 0. The molecule has 2 rings (SSSR count). The number of benzene rings is 1. The summed E-state index contributed by atoms with van der Waals surface area (Å²) in [6, 6.07) is 6.86. The smallest absolute Gasteiger partial charge is 0.406 e. The van der Waals surface area contributed by atoms with Crippen molar-refractivity contribution in [2.75, 3.05) is 37.4 Å². The van der Waals surface area contributed by atoms with E-state index in [4.69, 9.17) is 0 Å². The molecule has 1 aliphatic heterocycles. The number of methoxy groups -OCH3 is 1. The third-order valence-electron chi connectivity index (χ3n) is 3.64. The number of esters is 1. The van der Waals surface area contributed by atoms with Gasteiger partial charge in [0.2, 0.25) is 11.8 Å². The number of alkyl halides is 3. The Labute approximate surface area is 152 Å². The zero-order chi connectivity index (χ0) is 19.3. The van der Waals surface area contributed by atoms with Crippen molar-refractivity contribution in [2.24, 2.45) is 0 Å². The number of rotatable bonds is 6. The molecule has 1 aliphatic rings. The van der Waals surface area contributed by atoms with Gasteiger partial charge in [-0.2, -0.15) is 13.2 Å². The van der Waals surface area contributed by atoms with Crippen LogP contribution in [0.4, 0.5) is 18.9 Å². The zero-order valence-electron chi connectivity index (χ0n) is 13.9. The Balaban J connectivity index is 2.15. The van der Waals surface area contributed by atoms with Crippen LogP contribution in [0.15, 0.2) is 29.2 Å². The third-order valence-corrected chi connectivity index (χ3v) is 4.69. The fourth-order valence-electron chi connectivity index (χ4n) is 2.40. The minimum atomic E-state index is -4.62. The lowest BCUT2D eigenvalue weighted by Gasteiger charge is -2.31. The van der Waals surface area contributed by atoms with Crippen LogP contribution >= 0.6 is 11.8 Å². The van der Waals surface area contributed by atoms with Crippen molar-refractivity contribution < 1.29 is 32.3 Å². The fourth-order valence-corrected chi connectivity index (χ4v) is 3.33. The van der Waals surface area contributed by atoms with E-state index in [2.05, 4.69) is 4.74 Å². The van der Waals surface area contributed by atoms with E-state index in [0.29, 0.717) is 10.6 Å². The molecule has 1 heterocycles. The largest absolute Gasteiger partial charge is 0.469 e. The van der Waals surface area contributed by atoms with Crippen LogP contribution < -0.4 is 4.90 Å². The van der Waals surface area contributed by atoms with Crippen LogP contribution in [0.5, 0.6) is 0 Å². The highest BCUT2D eigenvalue weighted by Gasteiger charge is 2.35. The van der Waals surface area contributed by atoms with Gasteiger partial charge in [-0.1, -0.05) is 12.1 Å². The summed E-state index contributed by atoms with van der Waals surface area (Å²) in [6.07, 6.45) is -4.98. The van der Waals surface area contributed by atoms with Gasteiger partial charge >= 0.3 is 12.1 Å². The third kappa shape index (κ3) is 5.38. The summed E-state index contributed by atoms with van der Waals surface area (Å²) in [4.78, 5) is 38.2. The van der Waals surface area contributed by atoms with E-state index in [1.807, 2.05) is 0 Å². The Morgan fingerprint density at radius 2 is 2.00 bits per heavy atom. The summed E-state index contributed by atoms with van der Waals surface area (Å²) in [5.74, 6) is -1.87. The molecule has 0 radical (unpaired) electrons. The molecule has 0 saturated heterocycles. The van der Waals surface area contributed by atoms with Crippen molar-refractivity contribution in [3.63, 3.8) is 0 Å². The summed E-state index contributed by atoms with van der Waals surface area (Å²) >= 11 is 1.31. The highest BCUT2D eigenvalue weighted by atomic mass is 32.2. The maximum atomic E-state index is 12.8. The number of halogens is 3. The predicted molar refractivity (Wildman–Crippen MR) is 88.8 cm³/mol. The van der Waals surface area contributed by atoms with Gasteiger partial charge in [-0.3, -0.25) is 14.4 Å². The second-order valence-electron chi connectivity index (χ2n) is 5.49. The summed E-state index contributed by atoms with van der Waals surface area (Å²) < 4.78 is 42.7. The molecule has 0 N–H and O–H groups in total. The molecule has 1 aromatic rings. The van der Waals surface area contributed by atoms with Crippen molar-refractivity contribution in [3.8, 4) is 0 Å². The summed E-state index contributed by atoms with van der Waals surface area (Å²) in [7, 11) is 1.11. The lowest BCUT2D eigenvalue weighted by molar-refractivity contribution is -0.162. The molecule has 10 heteroatoms. The average molecular weight is 390 g/mol. The van der Waals surface area contributed by atoms with Crippen LogP contribution in [-0.4, -0.2) is 61.4 Å². The molecule has 1 aromatic carbocycles. The first kappa shape index (κ1) is 20.1. The molecule has 0 saturated carbocycles. The molecule has 2 amide bonds. The molecule has 0 unspecified atom stereocenters. The first-order chi connectivity index (χ1) is 12.2. The average Bonchev–Trinajstić information content (AvgIpc) is 2.59. The molecule has 6 nitrogen and oxygen atoms in total. The van der Waals surface area contributed by atoms with Crippen LogP contribution in [-0.2, 0) is 19.1 Å². The Morgan fingerprint density at radius 1 is 1.31 bits per heavy atom. The number of thioether (sulfide) groups is 1. The number of fused-ring (bicyclic) bond motifs is 1. The molecule has 0 bridgehead atoms. The van der Waals surface area contributed by atoms with Gasteiger partial charge in [0.25, 0.3) is 0 Å². The Bertz CT molecular complexity index is 696. The van der Waals surface area contributed by atoms with Gasteiger partial charge in [0.1, 0.15) is 13.1 Å². The van der Waals surface area contributed by atoms with E-state index in [1.54, 1.807) is 24.3 Å². The number of carbonyl (C=O) groups is 3. The molecule has 0 aliphatic carbocycles. The topological polar surface area (TPSA) is 66.9 Å². The van der Waals surface area contributed by atoms with E-state index in [-0.39, 0.29) is 18.1 Å². The zero-order valence-corrected chi connectivity index (χ0v) is 14.7. The molecular formula is C16H17F3N2O4S. The lowest BCUT2D eigenvalue weighted by atomic mass is 10.2. The monoisotopic (exact) mass is 390 g/mol. The first-order valence-electron chi connectivity index (χ1n) is 7.65. The van der Waals surface area contributed by atoms with Crippen LogP contribution in [0.25, 0.3) is 0 Å². The molecule has 0 aromatic heterocycles. The standard InChI is InChI=1S/C16H17F3N2O4S/c1-25-15(24)6-7-20(10-16(17,18)19)13(22)8-21-11-4-2-3-5-12(11)26-9-14(21)23/h2-5H,6-10H2,1H3. The number of amides is 2. The number of ether oxygens (including phenoxy) is 1. The first-order valence-corrected chi connectivity index (χ1v) is 8.63. The van der Waals surface area contributed by atoms with E-state index in [9.17, 15) is 27.6 Å². The number of nitrogens with zero attached hydrogens (tertiary/aromatic N) is 2. The molecular weight excluding hydrogens is 373 g/mol. The summed E-state index contributed by atoms with van der Waals surface area (Å²) in [6.45, 7) is -2.46. The molecule has 0 atom stereocenters. The van der Waals surface area contributed by atoms with E-state index >= 15 is 0 Å². The van der Waals surface area contributed by atoms with Crippen molar-refractivity contribution >= 4 is 35.2 Å². The van der Waals surface area contributed by atoms with Gasteiger partial charge in [0, 0.05) is 11.4 Å². The number of carbonyl (C=O) groups excluding carboxylic acids is 3. The minimum absolute atomic E-state index is 0.103. The van der Waals surface area contributed by atoms with Crippen LogP contribution in [0.1, 0.15) is 6.42 Å². The summed E-state index contributed by atoms with van der Waals surface area (Å²) in [5.41, 5.74) is 0.488. The lowest BCUT2D eigenvalue weighted by Crippen LogP contribution is -2.48. The van der Waals surface area contributed by atoms with Crippen LogP contribution in [0.3, 0.4) is 0 Å². The van der Waals surface area contributed by atoms with E-state index in [0.717, 1.165) is 12.0 Å². The molecule has 26 heavy (non-hydrogen) atoms. The van der Waals surface area contributed by atoms with Gasteiger partial charge in [-0.25, -0.2) is 0 Å². The molecule has 0 fully saturated rings. The number of anilines is 1. The quantitative estimate of drug-likeness (QED) is 0.696. The van der Waals surface area contributed by atoms with Crippen LogP contribution in [0, 0.1) is 0 Å². The van der Waals surface area contributed by atoms with Crippen molar-refractivity contribution in [2.45, 2.75) is 17.5 Å². The SMILES string of the molecule is COC(=O)CCN(CC(F)(F)F)C(=O)CN1C(=O)CSc2ccccc21. The minimum Gasteiger partial charge on any atom is -0.469 e. The van der Waals surface area contributed by atoms with Gasteiger partial charge in [0.05, 0.1) is 25.0 Å². The highest BCUT2D eigenvalue weighted by molar-refractivity contribution is 8.00. The van der Waals surface area contributed by atoms with Gasteiger partial charge < -0.3 is 14.5 Å². The Morgan fingerprint density at radius 3 is 2.65 bits per heavy atom. The van der Waals surface area contributed by atoms with Crippen LogP contribution in [0.2, 0.25) is 0 Å². The normalized spacial score (nSPS) is 14.0. The number of para-hydroxylation sites is 1. The second kappa shape index (κ2) is 8.43. The second-order valence-corrected chi connectivity index (χ2v) is 6.51. The van der Waals surface area contributed by atoms with Crippen molar-refractivity contribution in [1.82, 2.24) is 4.90 Å². The number of hydrogen-bond acceptors (Lipinski definition) is 5. The maximum Gasteiger partial charge on any atom is 0.406 e. The van der Waals surface area contributed by atoms with Gasteiger partial charge in [-0.05, 0) is 12.1 Å². The van der Waals surface area contributed by atoms with Crippen molar-refractivity contribution in [3.05, 3.63) is 24.3 Å². The van der Waals surface area contributed by atoms with E-state index < -0.39 is 37.7 Å². The predicted octanol–water partition coefficient (Wildman–Crippen LogP) is 2.08. The Hall–Kier alpha value is -2.23. The van der Waals surface area contributed by atoms with E-state index in [1.165, 1.54) is 16.7 Å². The molecule has 0 spiro atoms. The van der Waals surface area contributed by atoms with Gasteiger partial charge in [-0.15, -0.1) is 11.8 Å². The van der Waals surface area contributed by atoms with Crippen molar-refractivity contribution in [1.29, 1.82) is 0 Å². The van der Waals surface area contributed by atoms with Gasteiger partial charge in [0.15, 0.2) is 0 Å². The maximum absolute atomic E-state index is 12.8. The Kier molecular flexibility index (Phi) is 6.52. The molecule has 142 valence electrons. The fraction of sp³-hybridized carbons (Fsp3) is 0.438. The highest BCUT2D eigenvalue weighted by Crippen LogP contribution is 2.34. The summed E-state index contributed by atoms with van der Waals surface area (Å²) in [5, 5.41) is 0.